The topological polar surface area (TPSA) is 85.1 Å². The highest BCUT2D eigenvalue weighted by Gasteiger charge is 2.10. The van der Waals surface area contributed by atoms with Crippen LogP contribution in [0.15, 0.2) is 29.0 Å². The predicted molar refractivity (Wildman–Crippen MR) is 83.2 cm³/mol. The van der Waals surface area contributed by atoms with Gasteiger partial charge in [-0.2, -0.15) is 0 Å². The molecule has 2 aromatic rings. The first-order valence-corrected chi connectivity index (χ1v) is 6.90. The zero-order chi connectivity index (χ0) is 14.5. The van der Waals surface area contributed by atoms with Crippen LogP contribution in [0.1, 0.15) is 12.5 Å². The molecule has 0 aliphatic heterocycles. The number of hydrogen-bond acceptors (Lipinski definition) is 6. The molecule has 2 rings (SSSR count). The fourth-order valence-electron chi connectivity index (χ4n) is 1.86. The number of ether oxygens (including phenoxy) is 1. The van der Waals surface area contributed by atoms with Crippen molar-refractivity contribution < 1.29 is 4.74 Å². The summed E-state index contributed by atoms with van der Waals surface area (Å²) in [5.41, 5.74) is 4.41. The van der Waals surface area contributed by atoms with Crippen molar-refractivity contribution in [3.05, 3.63) is 34.6 Å². The Morgan fingerprint density at radius 2 is 2.05 bits per heavy atom. The van der Waals surface area contributed by atoms with Crippen molar-refractivity contribution in [1.82, 2.24) is 9.97 Å². The quantitative estimate of drug-likeness (QED) is 0.574. The molecule has 0 saturated heterocycles. The SMILES string of the molecule is CCc1c(NN)ncnc1Nc1ccc(OC)c(Br)c1. The van der Waals surface area contributed by atoms with Crippen LogP contribution in [0.2, 0.25) is 0 Å². The average Bonchev–Trinajstić information content (AvgIpc) is 2.47. The maximum Gasteiger partial charge on any atom is 0.148 e. The molecule has 0 atom stereocenters. The fraction of sp³-hybridized carbons (Fsp3) is 0.231. The lowest BCUT2D eigenvalue weighted by atomic mass is 10.2. The molecule has 7 heteroatoms. The lowest BCUT2D eigenvalue weighted by molar-refractivity contribution is 0.412. The van der Waals surface area contributed by atoms with E-state index >= 15 is 0 Å². The number of benzene rings is 1. The molecule has 1 heterocycles. The molecule has 6 nitrogen and oxygen atoms in total. The molecule has 106 valence electrons. The van der Waals surface area contributed by atoms with Crippen LogP contribution in [0.4, 0.5) is 17.3 Å². The highest BCUT2D eigenvalue weighted by molar-refractivity contribution is 9.10. The summed E-state index contributed by atoms with van der Waals surface area (Å²) in [4.78, 5) is 8.36. The maximum absolute atomic E-state index is 5.46. The van der Waals surface area contributed by atoms with Gasteiger partial charge in [0.15, 0.2) is 0 Å². The van der Waals surface area contributed by atoms with Gasteiger partial charge in [-0.3, -0.25) is 0 Å². The summed E-state index contributed by atoms with van der Waals surface area (Å²) in [6, 6.07) is 5.72. The Morgan fingerprint density at radius 3 is 2.65 bits per heavy atom. The molecule has 4 N–H and O–H groups in total. The number of halogens is 1. The van der Waals surface area contributed by atoms with E-state index in [4.69, 9.17) is 10.6 Å². The second-order valence-electron chi connectivity index (χ2n) is 4.02. The molecule has 0 spiro atoms. The average molecular weight is 338 g/mol. The third-order valence-corrected chi connectivity index (χ3v) is 3.47. The third kappa shape index (κ3) is 3.00. The number of nitrogen functional groups attached to an aromatic ring is 1. The summed E-state index contributed by atoms with van der Waals surface area (Å²) >= 11 is 3.45. The van der Waals surface area contributed by atoms with Crippen LogP contribution in [0.5, 0.6) is 5.75 Å². The van der Waals surface area contributed by atoms with Crippen LogP contribution in [-0.2, 0) is 6.42 Å². The van der Waals surface area contributed by atoms with Gasteiger partial charge in [-0.15, -0.1) is 0 Å². The summed E-state index contributed by atoms with van der Waals surface area (Å²) < 4.78 is 6.07. The second kappa shape index (κ2) is 6.53. The van der Waals surface area contributed by atoms with Crippen molar-refractivity contribution in [3.8, 4) is 5.75 Å². The number of hydrazine groups is 1. The van der Waals surface area contributed by atoms with E-state index in [0.29, 0.717) is 5.82 Å². The largest absolute Gasteiger partial charge is 0.496 e. The van der Waals surface area contributed by atoms with Crippen LogP contribution in [0.3, 0.4) is 0 Å². The molecule has 20 heavy (non-hydrogen) atoms. The molecule has 0 bridgehead atoms. The van der Waals surface area contributed by atoms with Crippen molar-refractivity contribution in [3.63, 3.8) is 0 Å². The van der Waals surface area contributed by atoms with Gasteiger partial charge in [-0.05, 0) is 40.5 Å². The Bertz CT molecular complexity index is 605. The first-order valence-electron chi connectivity index (χ1n) is 6.10. The highest BCUT2D eigenvalue weighted by Crippen LogP contribution is 2.30. The fourth-order valence-corrected chi connectivity index (χ4v) is 2.40. The van der Waals surface area contributed by atoms with Crippen molar-refractivity contribution in [2.75, 3.05) is 17.9 Å². The van der Waals surface area contributed by atoms with Crippen LogP contribution in [0.25, 0.3) is 0 Å². The third-order valence-electron chi connectivity index (χ3n) is 2.85. The molecule has 1 aromatic heterocycles. The second-order valence-corrected chi connectivity index (χ2v) is 4.88. The molecule has 1 aromatic carbocycles. The Morgan fingerprint density at radius 1 is 1.30 bits per heavy atom. The normalized spacial score (nSPS) is 10.2. The summed E-state index contributed by atoms with van der Waals surface area (Å²) in [6.07, 6.45) is 2.23. The van der Waals surface area contributed by atoms with Gasteiger partial charge in [-0.1, -0.05) is 6.92 Å². The Balaban J connectivity index is 2.32. The van der Waals surface area contributed by atoms with E-state index < -0.39 is 0 Å². The number of rotatable bonds is 5. The molecule has 0 unspecified atom stereocenters. The number of aromatic nitrogens is 2. The minimum absolute atomic E-state index is 0.623. The number of nitrogens with two attached hydrogens (primary N) is 1. The van der Waals surface area contributed by atoms with Crippen LogP contribution >= 0.6 is 15.9 Å². The van der Waals surface area contributed by atoms with Crippen molar-refractivity contribution in [1.29, 1.82) is 0 Å². The minimum Gasteiger partial charge on any atom is -0.496 e. The van der Waals surface area contributed by atoms with Gasteiger partial charge >= 0.3 is 0 Å². The molecular formula is C13H16BrN5O. The Labute approximate surface area is 125 Å². The summed E-state index contributed by atoms with van der Waals surface area (Å²) in [7, 11) is 1.63. The monoisotopic (exact) mass is 337 g/mol. The Kier molecular flexibility index (Phi) is 4.75. The summed E-state index contributed by atoms with van der Waals surface area (Å²) in [6.45, 7) is 2.02. The summed E-state index contributed by atoms with van der Waals surface area (Å²) in [5.74, 6) is 7.59. The maximum atomic E-state index is 5.46. The van der Waals surface area contributed by atoms with Crippen LogP contribution < -0.4 is 21.3 Å². The van der Waals surface area contributed by atoms with Gasteiger partial charge in [-0.25, -0.2) is 15.8 Å². The predicted octanol–water partition coefficient (Wildman–Crippen LogP) is 2.84. The Hall–Kier alpha value is -1.86. The van der Waals surface area contributed by atoms with Gasteiger partial charge in [0, 0.05) is 11.3 Å². The van der Waals surface area contributed by atoms with Gasteiger partial charge in [0.05, 0.1) is 11.6 Å². The number of nitrogens with one attached hydrogen (secondary N) is 2. The zero-order valence-corrected chi connectivity index (χ0v) is 12.9. The minimum atomic E-state index is 0.623. The smallest absolute Gasteiger partial charge is 0.148 e. The molecule has 0 saturated carbocycles. The van der Waals surface area contributed by atoms with E-state index in [9.17, 15) is 0 Å². The van der Waals surface area contributed by atoms with Gasteiger partial charge < -0.3 is 15.5 Å². The number of hydrogen-bond donors (Lipinski definition) is 3. The first kappa shape index (κ1) is 14.5. The highest BCUT2D eigenvalue weighted by atomic mass is 79.9. The number of nitrogens with zero attached hydrogens (tertiary/aromatic N) is 2. The van der Waals surface area contributed by atoms with Crippen LogP contribution in [0, 0.1) is 0 Å². The summed E-state index contributed by atoms with van der Waals surface area (Å²) in [5, 5.41) is 3.26. The number of anilines is 3. The lowest BCUT2D eigenvalue weighted by Crippen LogP contribution is -2.13. The van der Waals surface area contributed by atoms with Crippen LogP contribution in [-0.4, -0.2) is 17.1 Å². The van der Waals surface area contributed by atoms with E-state index in [2.05, 4.69) is 36.6 Å². The van der Waals surface area contributed by atoms with E-state index in [-0.39, 0.29) is 0 Å². The molecular weight excluding hydrogens is 322 g/mol. The van der Waals surface area contributed by atoms with Crippen molar-refractivity contribution >= 4 is 33.3 Å². The van der Waals surface area contributed by atoms with Gasteiger partial charge in [0.2, 0.25) is 0 Å². The van der Waals surface area contributed by atoms with E-state index in [1.54, 1.807) is 7.11 Å². The molecule has 0 fully saturated rings. The van der Waals surface area contributed by atoms with Crippen molar-refractivity contribution in [2.45, 2.75) is 13.3 Å². The van der Waals surface area contributed by atoms with E-state index in [1.807, 2.05) is 25.1 Å². The molecule has 0 amide bonds. The zero-order valence-electron chi connectivity index (χ0n) is 11.3. The number of methoxy groups -OCH3 is 1. The molecule has 0 aliphatic rings. The molecule has 0 radical (unpaired) electrons. The molecule has 0 aliphatic carbocycles. The van der Waals surface area contributed by atoms with E-state index in [0.717, 1.165) is 33.7 Å². The first-order chi connectivity index (χ1) is 9.69. The van der Waals surface area contributed by atoms with Gasteiger partial charge in [0.1, 0.15) is 23.7 Å². The van der Waals surface area contributed by atoms with E-state index in [1.165, 1.54) is 6.33 Å². The van der Waals surface area contributed by atoms with Crippen molar-refractivity contribution in [2.24, 2.45) is 5.84 Å². The lowest BCUT2D eigenvalue weighted by Gasteiger charge is -2.13. The van der Waals surface area contributed by atoms with Gasteiger partial charge in [0.25, 0.3) is 0 Å². The standard InChI is InChI=1S/C13H16BrN5O/c1-3-9-12(16-7-17-13(9)19-15)18-8-4-5-11(20-2)10(14)6-8/h4-7H,3,15H2,1-2H3,(H2,16,17,18,19).